The van der Waals surface area contributed by atoms with Crippen LogP contribution in [0.25, 0.3) is 0 Å². The maximum absolute atomic E-state index is 12.4. The lowest BCUT2D eigenvalue weighted by atomic mass is 10.1. The molecule has 0 aliphatic heterocycles. The number of hydrogen-bond acceptors (Lipinski definition) is 4. The second kappa shape index (κ2) is 7.47. The summed E-state index contributed by atoms with van der Waals surface area (Å²) in [5.41, 5.74) is 8.62. The molecule has 0 saturated heterocycles. The molecule has 0 aliphatic carbocycles. The number of hydrogen-bond donors (Lipinski definition) is 2. The molecule has 0 atom stereocenters. The van der Waals surface area contributed by atoms with Crippen LogP contribution < -0.4 is 15.9 Å². The van der Waals surface area contributed by atoms with Gasteiger partial charge in [0.15, 0.2) is 0 Å². The van der Waals surface area contributed by atoms with Crippen molar-refractivity contribution in [1.29, 1.82) is 0 Å². The Morgan fingerprint density at radius 3 is 2.48 bits per heavy atom. The van der Waals surface area contributed by atoms with Gasteiger partial charge in [-0.1, -0.05) is 0 Å². The lowest BCUT2D eigenvalue weighted by molar-refractivity contribution is -0.115. The summed E-state index contributed by atoms with van der Waals surface area (Å²) in [6, 6.07) is 10.1. The third-order valence-corrected chi connectivity index (χ3v) is 2.76. The number of aromatic nitrogens is 1. The minimum atomic E-state index is -0.370. The first-order valence-electron chi connectivity index (χ1n) is 6.01. The predicted molar refractivity (Wildman–Crippen MR) is 81.5 cm³/mol. The summed E-state index contributed by atoms with van der Waals surface area (Å²) in [6.07, 6.45) is 1.59. The van der Waals surface area contributed by atoms with E-state index < -0.39 is 0 Å². The normalized spacial score (nSPS) is 9.62. The highest BCUT2D eigenvalue weighted by Gasteiger charge is 2.14. The molecule has 1 aromatic carbocycles. The minimum absolute atomic E-state index is 0. The molecule has 0 fully saturated rings. The van der Waals surface area contributed by atoms with E-state index in [2.05, 4.69) is 5.43 Å². The van der Waals surface area contributed by atoms with Crippen molar-refractivity contribution in [3.8, 4) is 5.75 Å². The average Bonchev–Trinajstić information content (AvgIpc) is 2.94. The minimum Gasteiger partial charge on any atom is -0.497 e. The highest BCUT2D eigenvalue weighted by molar-refractivity contribution is 6.08. The zero-order valence-corrected chi connectivity index (χ0v) is 12.2. The quantitative estimate of drug-likeness (QED) is 0.812. The molecule has 0 saturated carbocycles. The lowest BCUT2D eigenvalue weighted by Crippen LogP contribution is -2.30. The van der Waals surface area contributed by atoms with Gasteiger partial charge in [-0.3, -0.25) is 19.7 Å². The van der Waals surface area contributed by atoms with E-state index in [4.69, 9.17) is 10.5 Å². The third-order valence-electron chi connectivity index (χ3n) is 2.76. The molecule has 1 heterocycles. The fourth-order valence-electron chi connectivity index (χ4n) is 1.73. The molecule has 1 aromatic heterocycles. The van der Waals surface area contributed by atoms with Gasteiger partial charge < -0.3 is 10.5 Å². The maximum atomic E-state index is 12.4. The van der Waals surface area contributed by atoms with Crippen LogP contribution in [0, 0.1) is 0 Å². The number of nitrogens with zero attached hydrogens (tertiary/aromatic N) is 1. The van der Waals surface area contributed by atoms with Crippen molar-refractivity contribution in [3.05, 3.63) is 53.9 Å². The Kier molecular flexibility index (Phi) is 5.95. The third kappa shape index (κ3) is 3.84. The molecule has 2 aromatic rings. The van der Waals surface area contributed by atoms with E-state index in [1.54, 1.807) is 49.7 Å². The molecule has 112 valence electrons. The first-order valence-corrected chi connectivity index (χ1v) is 6.01. The fraction of sp³-hybridized carbons (Fsp3) is 0.143. The van der Waals surface area contributed by atoms with Gasteiger partial charge >= 0.3 is 0 Å². The molecule has 0 radical (unpaired) electrons. The van der Waals surface area contributed by atoms with Gasteiger partial charge in [-0.25, -0.2) is 0 Å². The van der Waals surface area contributed by atoms with Gasteiger partial charge in [0.2, 0.25) is 5.78 Å². The van der Waals surface area contributed by atoms with Crippen LogP contribution in [0.4, 0.5) is 0 Å². The van der Waals surface area contributed by atoms with Crippen LogP contribution in [0.5, 0.6) is 5.75 Å². The van der Waals surface area contributed by atoms with Gasteiger partial charge in [-0.2, -0.15) is 0 Å². The van der Waals surface area contributed by atoms with Crippen molar-refractivity contribution >= 4 is 24.1 Å². The Hall–Kier alpha value is -2.31. The number of nitrogens with one attached hydrogen (secondary N) is 1. The summed E-state index contributed by atoms with van der Waals surface area (Å²) in [6.45, 7) is -0.144. The summed E-state index contributed by atoms with van der Waals surface area (Å²) in [4.78, 5) is 23.6. The van der Waals surface area contributed by atoms with E-state index in [0.717, 1.165) is 0 Å². The van der Waals surface area contributed by atoms with E-state index in [9.17, 15) is 9.59 Å². The summed E-state index contributed by atoms with van der Waals surface area (Å²) >= 11 is 0. The van der Waals surface area contributed by atoms with Gasteiger partial charge in [0.1, 0.15) is 11.4 Å². The van der Waals surface area contributed by atoms with E-state index in [1.807, 2.05) is 0 Å². The van der Waals surface area contributed by atoms with Gasteiger partial charge in [0.05, 0.1) is 13.7 Å². The van der Waals surface area contributed by atoms with Crippen LogP contribution in [0.2, 0.25) is 0 Å². The van der Waals surface area contributed by atoms with Crippen molar-refractivity contribution in [2.45, 2.75) is 0 Å². The zero-order valence-electron chi connectivity index (χ0n) is 11.4. The van der Waals surface area contributed by atoms with Crippen LogP contribution in [0.15, 0.2) is 42.6 Å². The van der Waals surface area contributed by atoms with Crippen LogP contribution >= 0.6 is 12.4 Å². The number of benzene rings is 1. The summed E-state index contributed by atoms with van der Waals surface area (Å²) in [7, 11) is 1.56. The number of rotatable bonds is 5. The highest BCUT2D eigenvalue weighted by Crippen LogP contribution is 2.15. The van der Waals surface area contributed by atoms with E-state index in [0.29, 0.717) is 17.0 Å². The first kappa shape index (κ1) is 16.7. The predicted octanol–water partition coefficient (Wildman–Crippen LogP) is 1.18. The van der Waals surface area contributed by atoms with Crippen LogP contribution in [0.1, 0.15) is 16.1 Å². The number of carbonyl (C=O) groups is 2. The Morgan fingerprint density at radius 1 is 1.24 bits per heavy atom. The molecular weight excluding hydrogens is 294 g/mol. The van der Waals surface area contributed by atoms with E-state index in [1.165, 1.54) is 4.68 Å². The molecule has 6 nitrogen and oxygen atoms in total. The van der Waals surface area contributed by atoms with Crippen molar-refractivity contribution < 1.29 is 14.3 Å². The van der Waals surface area contributed by atoms with Gasteiger partial charge in [-0.05, 0) is 36.4 Å². The molecule has 21 heavy (non-hydrogen) atoms. The summed E-state index contributed by atoms with van der Waals surface area (Å²) in [5, 5.41) is 0. The smallest absolute Gasteiger partial charge is 0.252 e. The number of carbonyl (C=O) groups excluding carboxylic acids is 2. The topological polar surface area (TPSA) is 86.3 Å². The highest BCUT2D eigenvalue weighted by atomic mass is 35.5. The Labute approximate surface area is 128 Å². The van der Waals surface area contributed by atoms with Gasteiger partial charge in [0, 0.05) is 11.8 Å². The molecule has 1 amide bonds. The maximum Gasteiger partial charge on any atom is 0.252 e. The van der Waals surface area contributed by atoms with Crippen LogP contribution in [0.3, 0.4) is 0 Å². The number of nitrogens with two attached hydrogens (primary N) is 1. The largest absolute Gasteiger partial charge is 0.497 e. The average molecular weight is 310 g/mol. The summed E-state index contributed by atoms with van der Waals surface area (Å²) in [5.74, 6) is 0.105. The van der Waals surface area contributed by atoms with E-state index in [-0.39, 0.29) is 30.6 Å². The van der Waals surface area contributed by atoms with E-state index >= 15 is 0 Å². The van der Waals surface area contributed by atoms with Crippen molar-refractivity contribution in [2.24, 2.45) is 5.73 Å². The Morgan fingerprint density at radius 2 is 1.90 bits per heavy atom. The van der Waals surface area contributed by atoms with Crippen molar-refractivity contribution in [2.75, 3.05) is 19.1 Å². The molecule has 3 N–H and O–H groups in total. The SMILES string of the molecule is COc1ccc(C(=O)c2cccn2NC(=O)CN)cc1.Cl. The lowest BCUT2D eigenvalue weighted by Gasteiger charge is -2.09. The monoisotopic (exact) mass is 309 g/mol. The Balaban J connectivity index is 0.00000220. The van der Waals surface area contributed by atoms with Crippen molar-refractivity contribution in [1.82, 2.24) is 4.68 Å². The second-order valence-electron chi connectivity index (χ2n) is 4.06. The Bertz CT molecular complexity index is 623. The molecule has 0 aliphatic rings. The molecular formula is C14H16ClN3O3. The van der Waals surface area contributed by atoms with Crippen LogP contribution in [-0.2, 0) is 4.79 Å². The number of ketones is 1. The first-order chi connectivity index (χ1) is 9.65. The fourth-order valence-corrected chi connectivity index (χ4v) is 1.73. The molecule has 7 heteroatoms. The number of ether oxygens (including phenoxy) is 1. The molecule has 0 unspecified atom stereocenters. The van der Waals surface area contributed by atoms with Gasteiger partial charge in [0.25, 0.3) is 5.91 Å². The molecule has 0 spiro atoms. The zero-order chi connectivity index (χ0) is 14.5. The number of halogens is 1. The van der Waals surface area contributed by atoms with Crippen LogP contribution in [-0.4, -0.2) is 30.0 Å². The standard InChI is InChI=1S/C14H15N3O3.ClH/c1-20-11-6-4-10(5-7-11)14(19)12-3-2-8-17(12)16-13(18)9-15;/h2-8H,9,15H2,1H3,(H,16,18);1H. The van der Waals surface area contributed by atoms with Gasteiger partial charge in [-0.15, -0.1) is 12.4 Å². The molecule has 2 rings (SSSR count). The number of amides is 1. The molecule has 0 bridgehead atoms. The second-order valence-corrected chi connectivity index (χ2v) is 4.06. The summed E-state index contributed by atoms with van der Waals surface area (Å²) < 4.78 is 6.41. The van der Waals surface area contributed by atoms with Crippen molar-refractivity contribution in [3.63, 3.8) is 0 Å². The number of methoxy groups -OCH3 is 1.